The van der Waals surface area contributed by atoms with Gasteiger partial charge in [0, 0.05) is 76.3 Å². The maximum Gasteiger partial charge on any atom is 0.308 e. The maximum atomic E-state index is 14.8. The smallest absolute Gasteiger partial charge is 0.308 e. The van der Waals surface area contributed by atoms with Crippen molar-refractivity contribution in [3.05, 3.63) is 133 Å². The van der Waals surface area contributed by atoms with E-state index in [0.717, 1.165) is 20.0 Å². The zero-order valence-corrected chi connectivity index (χ0v) is 30.7. The van der Waals surface area contributed by atoms with Crippen LogP contribution >= 0.6 is 0 Å². The van der Waals surface area contributed by atoms with E-state index in [0.29, 0.717) is 0 Å². The number of pyridine rings is 1. The molecule has 13 nitrogen and oxygen atoms in total. The summed E-state index contributed by atoms with van der Waals surface area (Å²) in [6.07, 6.45) is 8.78. The minimum Gasteiger partial charge on any atom is -0.483 e. The highest BCUT2D eigenvalue weighted by molar-refractivity contribution is 6.41. The lowest BCUT2D eigenvalue weighted by Crippen LogP contribution is -2.36. The molecule has 3 aliphatic carbocycles. The van der Waals surface area contributed by atoms with Crippen LogP contribution in [0.4, 0.5) is 0 Å². The molecule has 13 heteroatoms. The molecule has 2 aliphatic heterocycles. The number of fused-ring (bicyclic) bond motifs is 7. The van der Waals surface area contributed by atoms with Gasteiger partial charge in [0.15, 0.2) is 34.7 Å². The molecule has 0 atom stereocenters. The van der Waals surface area contributed by atoms with E-state index in [1.165, 1.54) is 36.5 Å². The van der Waals surface area contributed by atoms with Crippen LogP contribution in [0.2, 0.25) is 0 Å². The molecule has 1 aromatic heterocycles. The average Bonchev–Trinajstić information content (AvgIpc) is 3.13. The maximum absolute atomic E-state index is 14.8. The second-order valence-electron chi connectivity index (χ2n) is 14.6. The Morgan fingerprint density at radius 3 is 1.38 bits per heavy atom. The van der Waals surface area contributed by atoms with Crippen LogP contribution in [0.15, 0.2) is 88.7 Å². The molecule has 3 heterocycles. The minimum absolute atomic E-state index is 0.193. The lowest BCUT2D eigenvalue weighted by Gasteiger charge is -2.32. The first-order valence-corrected chi connectivity index (χ1v) is 17.3. The van der Waals surface area contributed by atoms with E-state index in [2.05, 4.69) is 4.98 Å². The minimum atomic E-state index is -1.07. The van der Waals surface area contributed by atoms with E-state index in [9.17, 15) is 38.4 Å². The number of benzene rings is 2. The summed E-state index contributed by atoms with van der Waals surface area (Å²) in [5.74, 6) is -9.61. The number of nitrogens with zero attached hydrogens (tertiary/aromatic N) is 1. The van der Waals surface area contributed by atoms with Gasteiger partial charge in [0.25, 0.3) is 0 Å². The number of aromatic nitrogens is 1. The SMILES string of the molecule is CC(=O)OC1=C(C2=C(C3=C(OC(C)=O)C(=O)c4c(ccc5c4C=CC(C)(C)O5)C3=O)C(=O)c3cnccc3C2=O)C(=O)c2ccc3c(c2C1=O)C=CC(C)(C)O3. The fourth-order valence-corrected chi connectivity index (χ4v) is 7.39. The lowest BCUT2D eigenvalue weighted by atomic mass is 9.71. The molecule has 0 radical (unpaired) electrons. The number of hydrogen-bond donors (Lipinski definition) is 0. The van der Waals surface area contributed by atoms with E-state index in [4.69, 9.17) is 18.9 Å². The molecule has 0 bridgehead atoms. The highest BCUT2D eigenvalue weighted by Crippen LogP contribution is 2.46. The molecule has 56 heavy (non-hydrogen) atoms. The Kier molecular flexibility index (Phi) is 7.80. The standard InChI is InChI=1S/C43H29NO12/c1-18(45)53-40-32(35(48)23-7-9-26-21(28(23)38(40)51)11-14-42(3,4)55-26)30-31(37(50)25-17-44-16-13-20(25)34(30)47)33-36(49)24-8-10-27-22(12-15-43(5,6)56-27)29(24)39(52)41(33)54-19(2)46/h7-17H,1-6H3. The monoisotopic (exact) mass is 751 g/mol. The summed E-state index contributed by atoms with van der Waals surface area (Å²) < 4.78 is 22.9. The lowest BCUT2D eigenvalue weighted by molar-refractivity contribution is -0.137. The van der Waals surface area contributed by atoms with E-state index >= 15 is 0 Å². The van der Waals surface area contributed by atoms with Gasteiger partial charge in [-0.3, -0.25) is 43.3 Å². The second kappa shape index (κ2) is 12.2. The van der Waals surface area contributed by atoms with Gasteiger partial charge in [0.05, 0.1) is 16.7 Å². The largest absolute Gasteiger partial charge is 0.483 e. The molecule has 278 valence electrons. The molecule has 0 fully saturated rings. The number of allylic oxidation sites excluding steroid dienone is 6. The van der Waals surface area contributed by atoms with Crippen molar-refractivity contribution in [2.45, 2.75) is 52.7 Å². The first-order valence-electron chi connectivity index (χ1n) is 17.3. The predicted octanol–water partition coefficient (Wildman–Crippen LogP) is 5.92. The molecule has 0 spiro atoms. The van der Waals surface area contributed by atoms with Crippen LogP contribution in [0, 0.1) is 0 Å². The van der Waals surface area contributed by atoms with E-state index in [1.54, 1.807) is 52.0 Å². The Bertz CT molecular complexity index is 2510. The van der Waals surface area contributed by atoms with Crippen LogP contribution in [-0.4, -0.2) is 62.8 Å². The number of carbonyl (C=O) groups excluding carboxylic acids is 8. The normalized spacial score (nSPS) is 18.8. The molecule has 0 saturated carbocycles. The number of ketones is 6. The fourth-order valence-electron chi connectivity index (χ4n) is 7.39. The van der Waals surface area contributed by atoms with Gasteiger partial charge < -0.3 is 18.9 Å². The van der Waals surface area contributed by atoms with Crippen molar-refractivity contribution in [1.29, 1.82) is 0 Å². The second-order valence-corrected chi connectivity index (χ2v) is 14.6. The zero-order chi connectivity index (χ0) is 40.2. The molecular weight excluding hydrogens is 722 g/mol. The van der Waals surface area contributed by atoms with Crippen LogP contribution < -0.4 is 9.47 Å². The fraction of sp³-hybridized carbons (Fsp3) is 0.186. The molecule has 0 unspecified atom stereocenters. The average molecular weight is 752 g/mol. The highest BCUT2D eigenvalue weighted by atomic mass is 16.5. The third-order valence-electron chi connectivity index (χ3n) is 9.73. The number of hydrogen-bond acceptors (Lipinski definition) is 13. The Morgan fingerprint density at radius 2 is 0.946 bits per heavy atom. The van der Waals surface area contributed by atoms with E-state index in [1.807, 2.05) is 0 Å². The third-order valence-corrected chi connectivity index (χ3v) is 9.73. The van der Waals surface area contributed by atoms with Crippen LogP contribution in [0.25, 0.3) is 12.2 Å². The summed E-state index contributed by atoms with van der Waals surface area (Å²) in [5.41, 5.74) is -5.88. The number of carbonyl (C=O) groups is 8. The number of ether oxygens (including phenoxy) is 4. The summed E-state index contributed by atoms with van der Waals surface area (Å²) in [6.45, 7) is 9.05. The van der Waals surface area contributed by atoms with Crippen molar-refractivity contribution in [1.82, 2.24) is 4.98 Å². The Labute approximate surface area is 318 Å². The van der Waals surface area contributed by atoms with Crippen molar-refractivity contribution in [2.24, 2.45) is 0 Å². The van der Waals surface area contributed by atoms with Gasteiger partial charge in [-0.15, -0.1) is 0 Å². The molecule has 8 rings (SSSR count). The van der Waals surface area contributed by atoms with E-state index < -0.39 is 91.7 Å². The van der Waals surface area contributed by atoms with Crippen LogP contribution in [0.3, 0.4) is 0 Å². The van der Waals surface area contributed by atoms with Crippen LogP contribution in [0.1, 0.15) is 115 Å². The molecular formula is C43H29NO12. The summed E-state index contributed by atoms with van der Waals surface area (Å²) >= 11 is 0. The molecule has 2 aromatic carbocycles. The van der Waals surface area contributed by atoms with Crippen molar-refractivity contribution >= 4 is 58.8 Å². The molecule has 0 saturated heterocycles. The van der Waals surface area contributed by atoms with Gasteiger partial charge in [0.1, 0.15) is 22.7 Å². The molecule has 0 amide bonds. The first-order chi connectivity index (χ1) is 26.4. The van der Waals surface area contributed by atoms with Crippen LogP contribution in [0.5, 0.6) is 11.5 Å². The van der Waals surface area contributed by atoms with Gasteiger partial charge in [-0.05, 0) is 70.2 Å². The third kappa shape index (κ3) is 5.34. The van der Waals surface area contributed by atoms with Gasteiger partial charge in [-0.1, -0.05) is 12.2 Å². The Balaban J connectivity index is 1.46. The predicted molar refractivity (Wildman–Crippen MR) is 195 cm³/mol. The van der Waals surface area contributed by atoms with Gasteiger partial charge in [-0.2, -0.15) is 0 Å². The first kappa shape index (κ1) is 35.9. The zero-order valence-electron chi connectivity index (χ0n) is 30.7. The van der Waals surface area contributed by atoms with Gasteiger partial charge in [0.2, 0.25) is 11.6 Å². The van der Waals surface area contributed by atoms with Crippen molar-refractivity contribution in [2.75, 3.05) is 0 Å². The van der Waals surface area contributed by atoms with Crippen molar-refractivity contribution in [3.63, 3.8) is 0 Å². The summed E-state index contributed by atoms with van der Waals surface area (Å²) in [7, 11) is 0. The number of rotatable bonds is 4. The van der Waals surface area contributed by atoms with E-state index in [-0.39, 0.29) is 56.0 Å². The van der Waals surface area contributed by atoms with Crippen molar-refractivity contribution < 1.29 is 57.3 Å². The quantitative estimate of drug-likeness (QED) is 0.286. The molecule has 0 N–H and O–H groups in total. The van der Waals surface area contributed by atoms with Crippen molar-refractivity contribution in [3.8, 4) is 11.5 Å². The Hall–Kier alpha value is -7.15. The Morgan fingerprint density at radius 1 is 0.536 bits per heavy atom. The molecule has 5 aliphatic rings. The van der Waals surface area contributed by atoms with Gasteiger partial charge >= 0.3 is 11.9 Å². The summed E-state index contributed by atoms with van der Waals surface area (Å²) in [5, 5.41) is 0. The summed E-state index contributed by atoms with van der Waals surface area (Å²) in [4.78, 5) is 118. The van der Waals surface area contributed by atoms with Crippen LogP contribution in [-0.2, 0) is 19.1 Å². The highest BCUT2D eigenvalue weighted by Gasteiger charge is 2.49. The molecule has 3 aromatic rings. The summed E-state index contributed by atoms with van der Waals surface area (Å²) in [6, 6.07) is 6.73. The number of Topliss-reactive ketones (excluding diaryl/α,β-unsaturated/α-hetero) is 6. The topological polar surface area (TPSA) is 186 Å². The number of esters is 2. The van der Waals surface area contributed by atoms with Gasteiger partial charge in [-0.25, -0.2) is 0 Å².